The highest BCUT2D eigenvalue weighted by Gasteiger charge is 2.18. The number of rotatable bonds is 7. The summed E-state index contributed by atoms with van der Waals surface area (Å²) in [5.74, 6) is 1.55. The number of hydrogen-bond acceptors (Lipinski definition) is 4. The number of para-hydroxylation sites is 1. The average Bonchev–Trinajstić information content (AvgIpc) is 3.06. The summed E-state index contributed by atoms with van der Waals surface area (Å²) in [6.45, 7) is 0. The van der Waals surface area contributed by atoms with E-state index in [2.05, 4.69) is 16.3 Å². The molecule has 0 bridgehead atoms. The molecule has 3 rings (SSSR count). The van der Waals surface area contributed by atoms with Gasteiger partial charge in [-0.25, -0.2) is 0 Å². The van der Waals surface area contributed by atoms with E-state index in [1.165, 1.54) is 0 Å². The molecule has 7 heteroatoms. The van der Waals surface area contributed by atoms with Gasteiger partial charge < -0.3 is 0 Å². The Hall–Kier alpha value is -2.00. The third-order valence-electron chi connectivity index (χ3n) is 3.73. The quantitative estimate of drug-likeness (QED) is 0.357. The topological polar surface area (TPSA) is 54.5 Å². The molecule has 0 saturated carbocycles. The van der Waals surface area contributed by atoms with Gasteiger partial charge in [0.05, 0.1) is 11.1 Å². The van der Waals surface area contributed by atoms with Gasteiger partial charge in [0.2, 0.25) is 0 Å². The molecule has 0 amide bonds. The van der Waals surface area contributed by atoms with Crippen molar-refractivity contribution in [1.29, 1.82) is 5.26 Å². The summed E-state index contributed by atoms with van der Waals surface area (Å²) in [6.07, 6.45) is 2.42. The molecule has 0 fully saturated rings. The molecule has 0 aliphatic heterocycles. The first-order valence-electron chi connectivity index (χ1n) is 8.16. The molecule has 4 nitrogen and oxygen atoms in total. The lowest BCUT2D eigenvalue weighted by atomic mass is 10.2. The summed E-state index contributed by atoms with van der Waals surface area (Å²) in [5.41, 5.74) is 1.75. The molecule has 0 unspecified atom stereocenters. The predicted molar refractivity (Wildman–Crippen MR) is 107 cm³/mol. The Bertz CT molecular complexity index is 919. The van der Waals surface area contributed by atoms with E-state index >= 15 is 0 Å². The van der Waals surface area contributed by atoms with Crippen molar-refractivity contribution in [1.82, 2.24) is 14.8 Å². The molecule has 132 valence electrons. The SMILES string of the molecule is N#CCCCCSc1nnc(-c2ccc(Cl)cc2Cl)n1-c1ccccc1. The highest BCUT2D eigenvalue weighted by molar-refractivity contribution is 7.99. The molecule has 0 N–H and O–H groups in total. The van der Waals surface area contributed by atoms with Crippen LogP contribution in [-0.4, -0.2) is 20.5 Å². The summed E-state index contributed by atoms with van der Waals surface area (Å²) >= 11 is 14.0. The molecular weight excluding hydrogens is 387 g/mol. The molecular formula is C19H16Cl2N4S. The predicted octanol–water partition coefficient (Wildman–Crippen LogP) is 6.03. The van der Waals surface area contributed by atoms with Crippen molar-refractivity contribution in [3.63, 3.8) is 0 Å². The Morgan fingerprint density at radius 1 is 1.04 bits per heavy atom. The van der Waals surface area contributed by atoms with E-state index in [1.54, 1.807) is 23.9 Å². The molecule has 0 aliphatic carbocycles. The van der Waals surface area contributed by atoms with Gasteiger partial charge in [0.1, 0.15) is 0 Å². The highest BCUT2D eigenvalue weighted by atomic mass is 35.5. The lowest BCUT2D eigenvalue weighted by Gasteiger charge is -2.11. The molecule has 1 aromatic heterocycles. The van der Waals surface area contributed by atoms with E-state index in [0.717, 1.165) is 35.0 Å². The Labute approximate surface area is 166 Å². The van der Waals surface area contributed by atoms with Gasteiger partial charge in [-0.2, -0.15) is 5.26 Å². The van der Waals surface area contributed by atoms with Gasteiger partial charge >= 0.3 is 0 Å². The molecule has 26 heavy (non-hydrogen) atoms. The third-order valence-corrected chi connectivity index (χ3v) is 5.30. The first-order chi connectivity index (χ1) is 12.7. The van der Waals surface area contributed by atoms with Crippen molar-refractivity contribution in [3.8, 4) is 23.1 Å². The van der Waals surface area contributed by atoms with E-state index in [-0.39, 0.29) is 0 Å². The van der Waals surface area contributed by atoms with Crippen molar-refractivity contribution < 1.29 is 0 Å². The number of hydrogen-bond donors (Lipinski definition) is 0. The van der Waals surface area contributed by atoms with E-state index < -0.39 is 0 Å². The minimum absolute atomic E-state index is 0.535. The van der Waals surface area contributed by atoms with Crippen LogP contribution in [0, 0.1) is 11.3 Å². The van der Waals surface area contributed by atoms with Crippen LogP contribution in [0.1, 0.15) is 19.3 Å². The van der Waals surface area contributed by atoms with E-state index in [0.29, 0.717) is 22.3 Å². The van der Waals surface area contributed by atoms with Crippen LogP contribution in [-0.2, 0) is 0 Å². The van der Waals surface area contributed by atoms with Gasteiger partial charge in [0.25, 0.3) is 0 Å². The zero-order valence-electron chi connectivity index (χ0n) is 13.9. The monoisotopic (exact) mass is 402 g/mol. The fraction of sp³-hybridized carbons (Fsp3) is 0.211. The minimum atomic E-state index is 0.535. The zero-order chi connectivity index (χ0) is 18.4. The van der Waals surface area contributed by atoms with Gasteiger partial charge in [0.15, 0.2) is 11.0 Å². The summed E-state index contributed by atoms with van der Waals surface area (Å²) < 4.78 is 2.00. The Morgan fingerprint density at radius 2 is 1.85 bits per heavy atom. The summed E-state index contributed by atoms with van der Waals surface area (Å²) in [7, 11) is 0. The second-order valence-electron chi connectivity index (χ2n) is 5.56. The van der Waals surface area contributed by atoms with Crippen LogP contribution in [0.25, 0.3) is 17.1 Å². The first kappa shape index (κ1) is 18.8. The van der Waals surface area contributed by atoms with Crippen molar-refractivity contribution in [2.24, 2.45) is 0 Å². The second-order valence-corrected chi connectivity index (χ2v) is 7.47. The Balaban J connectivity index is 1.96. The molecule has 2 aromatic carbocycles. The maximum atomic E-state index is 8.65. The fourth-order valence-corrected chi connectivity index (χ4v) is 3.93. The van der Waals surface area contributed by atoms with Crippen molar-refractivity contribution in [3.05, 3.63) is 58.6 Å². The maximum absolute atomic E-state index is 8.65. The number of thioether (sulfide) groups is 1. The van der Waals surface area contributed by atoms with Gasteiger partial charge in [-0.15, -0.1) is 10.2 Å². The molecule has 0 atom stereocenters. The Kier molecular flexibility index (Phi) is 6.56. The second kappa shape index (κ2) is 9.09. The summed E-state index contributed by atoms with van der Waals surface area (Å²) in [5, 5.41) is 19.3. The number of halogens is 2. The zero-order valence-corrected chi connectivity index (χ0v) is 16.2. The first-order valence-corrected chi connectivity index (χ1v) is 9.91. The molecule has 0 spiro atoms. The van der Waals surface area contributed by atoms with Crippen LogP contribution in [0.2, 0.25) is 10.0 Å². The standard InChI is InChI=1S/C19H16Cl2N4S/c20-14-9-10-16(17(21)13-14)18-23-24-19(26-12-6-2-5-11-22)25(18)15-7-3-1-4-8-15/h1,3-4,7-10,13H,2,5-6,12H2. The summed E-state index contributed by atoms with van der Waals surface area (Å²) in [6, 6.07) is 17.5. The average molecular weight is 403 g/mol. The largest absolute Gasteiger partial charge is 0.270 e. The van der Waals surface area contributed by atoms with Gasteiger partial charge in [0, 0.05) is 28.4 Å². The van der Waals surface area contributed by atoms with Crippen LogP contribution in [0.4, 0.5) is 0 Å². The molecule has 0 radical (unpaired) electrons. The van der Waals surface area contributed by atoms with E-state index in [9.17, 15) is 0 Å². The molecule has 0 aliphatic rings. The number of nitrogens with zero attached hydrogens (tertiary/aromatic N) is 4. The highest BCUT2D eigenvalue weighted by Crippen LogP contribution is 2.33. The molecule has 1 heterocycles. The van der Waals surface area contributed by atoms with E-state index in [4.69, 9.17) is 28.5 Å². The van der Waals surface area contributed by atoms with Crippen molar-refractivity contribution >= 4 is 35.0 Å². The van der Waals surface area contributed by atoms with Crippen LogP contribution < -0.4 is 0 Å². The van der Waals surface area contributed by atoms with Gasteiger partial charge in [-0.3, -0.25) is 4.57 Å². The lowest BCUT2D eigenvalue weighted by molar-refractivity contribution is 0.823. The fourth-order valence-electron chi connectivity index (χ4n) is 2.49. The normalized spacial score (nSPS) is 10.7. The molecule has 3 aromatic rings. The number of benzene rings is 2. The Morgan fingerprint density at radius 3 is 2.58 bits per heavy atom. The van der Waals surface area contributed by atoms with Gasteiger partial charge in [-0.1, -0.05) is 53.2 Å². The van der Waals surface area contributed by atoms with Crippen molar-refractivity contribution in [2.75, 3.05) is 5.75 Å². The summed E-state index contributed by atoms with van der Waals surface area (Å²) in [4.78, 5) is 0. The minimum Gasteiger partial charge on any atom is -0.270 e. The molecule has 0 saturated heterocycles. The third kappa shape index (κ3) is 4.39. The number of nitriles is 1. The number of aromatic nitrogens is 3. The van der Waals surface area contributed by atoms with Crippen LogP contribution in [0.3, 0.4) is 0 Å². The van der Waals surface area contributed by atoms with E-state index in [1.807, 2.05) is 41.0 Å². The lowest BCUT2D eigenvalue weighted by Crippen LogP contribution is -2.00. The van der Waals surface area contributed by atoms with Crippen molar-refractivity contribution in [2.45, 2.75) is 24.4 Å². The smallest absolute Gasteiger partial charge is 0.196 e. The van der Waals surface area contributed by atoms with Crippen LogP contribution in [0.15, 0.2) is 53.7 Å². The van der Waals surface area contributed by atoms with Gasteiger partial charge in [-0.05, 0) is 43.2 Å². The van der Waals surface area contributed by atoms with Crippen LogP contribution >= 0.6 is 35.0 Å². The number of unbranched alkanes of at least 4 members (excludes halogenated alkanes) is 2. The van der Waals surface area contributed by atoms with Crippen LogP contribution in [0.5, 0.6) is 0 Å². The maximum Gasteiger partial charge on any atom is 0.196 e.